The van der Waals surface area contributed by atoms with Crippen LogP contribution in [-0.2, 0) is 9.53 Å². The first kappa shape index (κ1) is 27.2. The molecule has 5 rings (SSSR count). The Bertz CT molecular complexity index is 1830. The van der Waals surface area contributed by atoms with E-state index in [4.69, 9.17) is 41.8 Å². The van der Waals surface area contributed by atoms with E-state index in [0.29, 0.717) is 45.2 Å². The molecule has 40 heavy (non-hydrogen) atoms. The predicted octanol–water partition coefficient (Wildman–Crippen LogP) is 6.34. The molecule has 11 heteroatoms. The van der Waals surface area contributed by atoms with Crippen LogP contribution in [0, 0.1) is 0 Å². The highest BCUT2D eigenvalue weighted by atomic mass is 35.5. The molecule has 2 aromatic heterocycles. The van der Waals surface area contributed by atoms with Gasteiger partial charge in [0.2, 0.25) is 5.82 Å². The van der Waals surface area contributed by atoms with Crippen LogP contribution >= 0.6 is 23.2 Å². The molecule has 0 aliphatic heterocycles. The van der Waals surface area contributed by atoms with Gasteiger partial charge >= 0.3 is 5.97 Å². The topological polar surface area (TPSA) is 105 Å². The number of hydrogen-bond donors (Lipinski definition) is 0. The number of carbonyl (C=O) groups is 1. The summed E-state index contributed by atoms with van der Waals surface area (Å²) in [5.41, 5.74) is 1.20. The van der Waals surface area contributed by atoms with E-state index in [1.165, 1.54) is 18.0 Å². The fourth-order valence-electron chi connectivity index (χ4n) is 4.07. The van der Waals surface area contributed by atoms with Crippen molar-refractivity contribution in [1.82, 2.24) is 9.66 Å². The van der Waals surface area contributed by atoms with Gasteiger partial charge in [0, 0.05) is 10.4 Å². The van der Waals surface area contributed by atoms with Crippen molar-refractivity contribution in [2.24, 2.45) is 5.10 Å². The highest BCUT2D eigenvalue weighted by Gasteiger charge is 2.21. The number of hydrogen-bond acceptors (Lipinski definition) is 8. The Morgan fingerprint density at radius 1 is 1.15 bits per heavy atom. The van der Waals surface area contributed by atoms with Crippen molar-refractivity contribution >= 4 is 57.3 Å². The summed E-state index contributed by atoms with van der Waals surface area (Å²) in [6.07, 6.45) is 0.535. The molecule has 0 saturated heterocycles. The lowest BCUT2D eigenvalue weighted by Gasteiger charge is -2.17. The van der Waals surface area contributed by atoms with E-state index in [9.17, 15) is 9.59 Å². The van der Waals surface area contributed by atoms with Crippen LogP contribution in [0.25, 0.3) is 33.5 Å². The summed E-state index contributed by atoms with van der Waals surface area (Å²) in [5.74, 6) is 0.462. The van der Waals surface area contributed by atoms with Gasteiger partial charge in [0.1, 0.15) is 5.58 Å². The lowest BCUT2D eigenvalue weighted by molar-refractivity contribution is -0.147. The molecular formula is C29H23Cl2N3O6. The number of para-hydroxylation sites is 1. The molecule has 2 heterocycles. The lowest BCUT2D eigenvalue weighted by atomic mass is 10.2. The number of methoxy groups -OCH3 is 1. The molecule has 3 aromatic carbocycles. The van der Waals surface area contributed by atoms with E-state index < -0.39 is 17.6 Å². The Morgan fingerprint density at radius 2 is 1.95 bits per heavy atom. The summed E-state index contributed by atoms with van der Waals surface area (Å²) in [4.78, 5) is 30.1. The van der Waals surface area contributed by atoms with Crippen LogP contribution in [0.1, 0.15) is 19.4 Å². The summed E-state index contributed by atoms with van der Waals surface area (Å²) < 4.78 is 23.3. The van der Waals surface area contributed by atoms with Crippen LogP contribution in [0.2, 0.25) is 10.0 Å². The second-order valence-corrected chi connectivity index (χ2v) is 9.50. The van der Waals surface area contributed by atoms with E-state index in [1.54, 1.807) is 74.5 Å². The minimum atomic E-state index is -0.912. The molecule has 5 aromatic rings. The summed E-state index contributed by atoms with van der Waals surface area (Å²) in [6, 6.07) is 17.2. The molecule has 0 amide bonds. The number of ether oxygens (including phenoxy) is 3. The zero-order valence-corrected chi connectivity index (χ0v) is 23.2. The molecule has 0 fully saturated rings. The van der Waals surface area contributed by atoms with Crippen molar-refractivity contribution in [1.29, 1.82) is 0 Å². The first-order valence-electron chi connectivity index (χ1n) is 12.3. The van der Waals surface area contributed by atoms with Crippen molar-refractivity contribution in [2.75, 3.05) is 13.7 Å². The van der Waals surface area contributed by atoms with Crippen molar-refractivity contribution in [3.63, 3.8) is 0 Å². The van der Waals surface area contributed by atoms with Crippen molar-refractivity contribution in [2.45, 2.75) is 20.0 Å². The number of furan rings is 1. The monoisotopic (exact) mass is 579 g/mol. The number of benzene rings is 3. The number of esters is 1. The zero-order chi connectivity index (χ0) is 28.4. The largest absolute Gasteiger partial charge is 0.490 e. The fraction of sp³-hybridized carbons (Fsp3) is 0.172. The number of aromatic nitrogens is 2. The third-order valence-corrected chi connectivity index (χ3v) is 6.45. The maximum absolute atomic E-state index is 13.5. The maximum Gasteiger partial charge on any atom is 0.346 e. The Hall–Kier alpha value is -4.34. The van der Waals surface area contributed by atoms with Crippen molar-refractivity contribution in [3.05, 3.63) is 86.6 Å². The highest BCUT2D eigenvalue weighted by Crippen LogP contribution is 2.37. The summed E-state index contributed by atoms with van der Waals surface area (Å²) >= 11 is 12.7. The van der Waals surface area contributed by atoms with E-state index in [2.05, 4.69) is 10.1 Å². The molecule has 1 atom stereocenters. The Kier molecular flexibility index (Phi) is 7.77. The van der Waals surface area contributed by atoms with Crippen LogP contribution in [-0.4, -0.2) is 41.7 Å². The quantitative estimate of drug-likeness (QED) is 0.156. The van der Waals surface area contributed by atoms with E-state index >= 15 is 0 Å². The van der Waals surface area contributed by atoms with Gasteiger partial charge in [0.05, 0.1) is 35.9 Å². The summed E-state index contributed by atoms with van der Waals surface area (Å²) in [6.45, 7) is 3.66. The van der Waals surface area contributed by atoms with Crippen LogP contribution in [0.5, 0.6) is 11.5 Å². The first-order chi connectivity index (χ1) is 19.3. The van der Waals surface area contributed by atoms with Gasteiger partial charge in [-0.2, -0.15) is 9.78 Å². The Balaban J connectivity index is 1.61. The molecule has 0 bridgehead atoms. The van der Waals surface area contributed by atoms with Crippen LogP contribution < -0.4 is 15.0 Å². The third kappa shape index (κ3) is 5.38. The molecule has 204 valence electrons. The van der Waals surface area contributed by atoms with E-state index in [1.807, 2.05) is 0 Å². The molecule has 0 radical (unpaired) electrons. The minimum Gasteiger partial charge on any atom is -0.490 e. The fourth-order valence-corrected chi connectivity index (χ4v) is 4.51. The molecule has 9 nitrogen and oxygen atoms in total. The van der Waals surface area contributed by atoms with E-state index in [0.717, 1.165) is 5.39 Å². The smallest absolute Gasteiger partial charge is 0.346 e. The standard InChI is InChI=1S/C29H23Cl2N3O6/c1-4-38-24-12-17(11-21(31)26(24)39-16(2)29(36)37-3)15-32-34-27(33-22-8-6-5-7-20(22)28(34)35)25-14-18-13-19(30)9-10-23(18)40-25/h5-16H,4H2,1-3H3/t16-/m0/s1. The number of nitrogens with zero attached hydrogens (tertiary/aromatic N) is 3. The van der Waals surface area contributed by atoms with Crippen molar-refractivity contribution < 1.29 is 23.4 Å². The molecule has 0 N–H and O–H groups in total. The molecule has 0 saturated carbocycles. The second kappa shape index (κ2) is 11.4. The number of carbonyl (C=O) groups excluding carboxylic acids is 1. The van der Waals surface area contributed by atoms with Crippen LogP contribution in [0.4, 0.5) is 0 Å². The maximum atomic E-state index is 13.5. The van der Waals surface area contributed by atoms with Crippen molar-refractivity contribution in [3.8, 4) is 23.1 Å². The Morgan fingerprint density at radius 3 is 2.73 bits per heavy atom. The SMILES string of the molecule is CCOc1cc(C=Nn2c(-c3cc4cc(Cl)ccc4o3)nc3ccccc3c2=O)cc(Cl)c1O[C@@H](C)C(=O)OC. The van der Waals surface area contributed by atoms with Crippen LogP contribution in [0.3, 0.4) is 0 Å². The highest BCUT2D eigenvalue weighted by molar-refractivity contribution is 6.32. The van der Waals surface area contributed by atoms with Gasteiger partial charge in [0.15, 0.2) is 23.4 Å². The third-order valence-electron chi connectivity index (χ3n) is 5.93. The van der Waals surface area contributed by atoms with Gasteiger partial charge in [-0.1, -0.05) is 35.3 Å². The van der Waals surface area contributed by atoms with Gasteiger partial charge in [-0.3, -0.25) is 4.79 Å². The lowest BCUT2D eigenvalue weighted by Crippen LogP contribution is -2.25. The zero-order valence-electron chi connectivity index (χ0n) is 21.7. The molecule has 0 aliphatic carbocycles. The normalized spacial score (nSPS) is 12.2. The number of rotatable bonds is 8. The molecular weight excluding hydrogens is 557 g/mol. The first-order valence-corrected chi connectivity index (χ1v) is 13.0. The summed E-state index contributed by atoms with van der Waals surface area (Å²) in [5, 5.41) is 6.34. The molecule has 0 aliphatic rings. The van der Waals surface area contributed by atoms with Gasteiger partial charge < -0.3 is 18.6 Å². The number of halogens is 2. The Labute approximate surface area is 238 Å². The van der Waals surface area contributed by atoms with Gasteiger partial charge in [-0.25, -0.2) is 9.78 Å². The number of fused-ring (bicyclic) bond motifs is 2. The average molecular weight is 580 g/mol. The van der Waals surface area contributed by atoms with Gasteiger partial charge in [-0.15, -0.1) is 0 Å². The summed E-state index contributed by atoms with van der Waals surface area (Å²) in [7, 11) is 1.27. The van der Waals surface area contributed by atoms with Crippen LogP contribution in [0.15, 0.2) is 75.0 Å². The van der Waals surface area contributed by atoms with Gasteiger partial charge in [0.25, 0.3) is 5.56 Å². The van der Waals surface area contributed by atoms with Gasteiger partial charge in [-0.05, 0) is 67.9 Å². The molecule has 0 spiro atoms. The average Bonchev–Trinajstić information content (AvgIpc) is 3.37. The predicted molar refractivity (Wildman–Crippen MR) is 154 cm³/mol. The van der Waals surface area contributed by atoms with E-state index in [-0.39, 0.29) is 16.6 Å². The minimum absolute atomic E-state index is 0.182. The second-order valence-electron chi connectivity index (χ2n) is 8.65. The molecule has 0 unspecified atom stereocenters.